The summed E-state index contributed by atoms with van der Waals surface area (Å²) >= 11 is 0. The summed E-state index contributed by atoms with van der Waals surface area (Å²) in [6.45, 7) is 4.61. The van der Waals surface area contributed by atoms with Crippen LogP contribution in [0.5, 0.6) is 5.75 Å². The summed E-state index contributed by atoms with van der Waals surface area (Å²) in [6.07, 6.45) is 1.02. The molecule has 0 aromatic heterocycles. The summed E-state index contributed by atoms with van der Waals surface area (Å²) in [6, 6.07) is 13.4. The monoisotopic (exact) mass is 396 g/mol. The van der Waals surface area contributed by atoms with Crippen molar-refractivity contribution >= 4 is 11.9 Å². The van der Waals surface area contributed by atoms with Crippen molar-refractivity contribution < 1.29 is 14.3 Å². The molecule has 1 heterocycles. The number of guanidine groups is 1. The second-order valence-corrected chi connectivity index (χ2v) is 7.06. The number of aliphatic imine (C=N–C) groups is 1. The summed E-state index contributed by atoms with van der Waals surface area (Å²) in [4.78, 5) is 15.4. The Kier molecular flexibility index (Phi) is 7.08. The van der Waals surface area contributed by atoms with Gasteiger partial charge in [-0.05, 0) is 36.2 Å². The van der Waals surface area contributed by atoms with Gasteiger partial charge in [-0.25, -0.2) is 0 Å². The van der Waals surface area contributed by atoms with Crippen molar-refractivity contribution in [3.05, 3.63) is 64.7 Å². The van der Waals surface area contributed by atoms with Crippen LogP contribution in [0.25, 0.3) is 0 Å². The third-order valence-corrected chi connectivity index (χ3v) is 4.77. The Morgan fingerprint density at radius 1 is 1.21 bits per heavy atom. The zero-order valence-corrected chi connectivity index (χ0v) is 16.9. The fourth-order valence-corrected chi connectivity index (χ4v) is 3.08. The van der Waals surface area contributed by atoms with E-state index >= 15 is 0 Å². The molecule has 29 heavy (non-hydrogen) atoms. The van der Waals surface area contributed by atoms with E-state index in [4.69, 9.17) is 15.2 Å². The Hall–Kier alpha value is -3.06. The maximum absolute atomic E-state index is 11.2. The number of hydrogen-bond acceptors (Lipinski definition) is 4. The zero-order valence-electron chi connectivity index (χ0n) is 16.9. The van der Waals surface area contributed by atoms with E-state index in [1.54, 1.807) is 19.2 Å². The summed E-state index contributed by atoms with van der Waals surface area (Å²) in [5.74, 6) is 1.13. The molecule has 1 aliphatic heterocycles. The third kappa shape index (κ3) is 5.96. The summed E-state index contributed by atoms with van der Waals surface area (Å²) in [5, 5.41) is 6.59. The van der Waals surface area contributed by atoms with Crippen LogP contribution >= 0.6 is 0 Å². The molecule has 0 bridgehead atoms. The molecule has 0 aliphatic carbocycles. The average molecular weight is 396 g/mol. The lowest BCUT2D eigenvalue weighted by Crippen LogP contribution is -2.36. The second kappa shape index (κ2) is 9.93. The van der Waals surface area contributed by atoms with E-state index in [-0.39, 0.29) is 6.10 Å². The quantitative estimate of drug-likeness (QED) is 0.492. The highest BCUT2D eigenvalue weighted by Crippen LogP contribution is 2.23. The van der Waals surface area contributed by atoms with Gasteiger partial charge in [0.1, 0.15) is 11.9 Å². The van der Waals surface area contributed by atoms with E-state index in [0.29, 0.717) is 31.2 Å². The van der Waals surface area contributed by atoms with E-state index in [9.17, 15) is 4.79 Å². The lowest BCUT2D eigenvalue weighted by atomic mass is 10.1. The number of carbonyl (C=O) groups is 1. The standard InChI is InChI=1S/C22H28N4O3/c1-15-3-6-18(20(11-15)29-19-9-10-28-14-19)13-26-22(24-2)25-12-16-4-7-17(8-5-16)21(23)27/h3-8,11,19H,9-10,12-14H2,1-2H3,(H2,23,27)(H2,24,25,26). The normalized spacial score (nSPS) is 16.5. The van der Waals surface area contributed by atoms with Crippen LogP contribution in [0.3, 0.4) is 0 Å². The van der Waals surface area contributed by atoms with Crippen molar-refractivity contribution in [2.75, 3.05) is 20.3 Å². The lowest BCUT2D eigenvalue weighted by Gasteiger charge is -2.18. The molecular weight excluding hydrogens is 368 g/mol. The lowest BCUT2D eigenvalue weighted by molar-refractivity contribution is 0.100. The van der Waals surface area contributed by atoms with E-state index < -0.39 is 5.91 Å². The molecule has 0 spiro atoms. The molecule has 1 fully saturated rings. The molecule has 1 unspecified atom stereocenters. The largest absolute Gasteiger partial charge is 0.488 e. The Morgan fingerprint density at radius 2 is 1.97 bits per heavy atom. The molecule has 1 amide bonds. The fraction of sp³-hybridized carbons (Fsp3) is 0.364. The molecule has 154 valence electrons. The molecule has 0 radical (unpaired) electrons. The Morgan fingerprint density at radius 3 is 2.62 bits per heavy atom. The van der Waals surface area contributed by atoms with Crippen molar-refractivity contribution in [2.45, 2.75) is 32.5 Å². The molecular formula is C22H28N4O3. The Bertz CT molecular complexity index is 859. The summed E-state index contributed by atoms with van der Waals surface area (Å²) in [7, 11) is 1.73. The number of benzene rings is 2. The first-order chi connectivity index (χ1) is 14.0. The van der Waals surface area contributed by atoms with Gasteiger partial charge in [0.05, 0.1) is 13.2 Å². The first-order valence-electron chi connectivity index (χ1n) is 9.72. The number of carbonyl (C=O) groups excluding carboxylic acids is 1. The smallest absolute Gasteiger partial charge is 0.248 e. The number of rotatable bonds is 7. The van der Waals surface area contributed by atoms with Crippen molar-refractivity contribution in [2.24, 2.45) is 10.7 Å². The highest BCUT2D eigenvalue weighted by molar-refractivity contribution is 5.92. The number of nitrogens with two attached hydrogens (primary N) is 1. The van der Waals surface area contributed by atoms with Gasteiger partial charge >= 0.3 is 0 Å². The fourth-order valence-electron chi connectivity index (χ4n) is 3.08. The summed E-state index contributed by atoms with van der Waals surface area (Å²) in [5.41, 5.74) is 9.02. The molecule has 1 saturated heterocycles. The van der Waals surface area contributed by atoms with Crippen molar-refractivity contribution in [3.63, 3.8) is 0 Å². The minimum atomic E-state index is -0.428. The molecule has 4 N–H and O–H groups in total. The molecule has 7 heteroatoms. The van der Waals surface area contributed by atoms with Gasteiger partial charge in [-0.2, -0.15) is 0 Å². The van der Waals surface area contributed by atoms with Crippen LogP contribution in [0.15, 0.2) is 47.5 Å². The highest BCUT2D eigenvalue weighted by Gasteiger charge is 2.18. The number of nitrogens with zero attached hydrogens (tertiary/aromatic N) is 1. The molecule has 7 nitrogen and oxygen atoms in total. The van der Waals surface area contributed by atoms with Gasteiger partial charge in [-0.15, -0.1) is 0 Å². The van der Waals surface area contributed by atoms with Crippen LogP contribution in [-0.2, 0) is 17.8 Å². The maximum atomic E-state index is 11.2. The molecule has 3 rings (SSSR count). The molecule has 1 aliphatic rings. The number of ether oxygens (including phenoxy) is 2. The maximum Gasteiger partial charge on any atom is 0.248 e. The predicted molar refractivity (Wildman–Crippen MR) is 113 cm³/mol. The van der Waals surface area contributed by atoms with Crippen LogP contribution in [0, 0.1) is 6.92 Å². The van der Waals surface area contributed by atoms with Crippen LogP contribution < -0.4 is 21.1 Å². The Labute approximate surface area is 171 Å². The van der Waals surface area contributed by atoms with Gasteiger partial charge in [-0.3, -0.25) is 9.79 Å². The van der Waals surface area contributed by atoms with Crippen LogP contribution in [0.1, 0.15) is 33.5 Å². The number of nitrogens with one attached hydrogen (secondary N) is 2. The minimum absolute atomic E-state index is 0.108. The molecule has 2 aromatic rings. The number of amides is 1. The van der Waals surface area contributed by atoms with Gasteiger partial charge in [0.15, 0.2) is 5.96 Å². The minimum Gasteiger partial charge on any atom is -0.488 e. The summed E-state index contributed by atoms with van der Waals surface area (Å²) < 4.78 is 11.6. The second-order valence-electron chi connectivity index (χ2n) is 7.06. The average Bonchev–Trinajstić information content (AvgIpc) is 3.23. The van der Waals surface area contributed by atoms with E-state index in [0.717, 1.165) is 35.5 Å². The predicted octanol–water partition coefficient (Wildman–Crippen LogP) is 2.13. The molecule has 2 aromatic carbocycles. The number of hydrogen-bond donors (Lipinski definition) is 3. The van der Waals surface area contributed by atoms with Gasteiger partial charge in [0.2, 0.25) is 5.91 Å². The van der Waals surface area contributed by atoms with E-state index in [2.05, 4.69) is 40.7 Å². The van der Waals surface area contributed by atoms with Gasteiger partial charge in [0, 0.05) is 37.7 Å². The topological polar surface area (TPSA) is 98.0 Å². The van der Waals surface area contributed by atoms with Crippen molar-refractivity contribution in [1.29, 1.82) is 0 Å². The Balaban J connectivity index is 1.56. The SMILES string of the molecule is CN=C(NCc1ccc(C(N)=O)cc1)NCc1ccc(C)cc1OC1CCOC1. The van der Waals surface area contributed by atoms with Gasteiger partial charge in [-0.1, -0.05) is 24.3 Å². The number of aryl methyl sites for hydroxylation is 1. The van der Waals surface area contributed by atoms with Crippen LogP contribution in [0.2, 0.25) is 0 Å². The molecule has 1 atom stereocenters. The molecule has 0 saturated carbocycles. The first-order valence-corrected chi connectivity index (χ1v) is 9.72. The number of primary amides is 1. The van der Waals surface area contributed by atoms with Crippen molar-refractivity contribution in [1.82, 2.24) is 10.6 Å². The van der Waals surface area contributed by atoms with Crippen LogP contribution in [0.4, 0.5) is 0 Å². The van der Waals surface area contributed by atoms with Gasteiger partial charge in [0.25, 0.3) is 0 Å². The third-order valence-electron chi connectivity index (χ3n) is 4.77. The first kappa shape index (κ1) is 20.7. The van der Waals surface area contributed by atoms with Crippen LogP contribution in [-0.4, -0.2) is 38.2 Å². The van der Waals surface area contributed by atoms with Gasteiger partial charge < -0.3 is 25.8 Å². The highest BCUT2D eigenvalue weighted by atomic mass is 16.5. The zero-order chi connectivity index (χ0) is 20.6. The van der Waals surface area contributed by atoms with E-state index in [1.165, 1.54) is 0 Å². The van der Waals surface area contributed by atoms with Crippen molar-refractivity contribution in [3.8, 4) is 5.75 Å². The van der Waals surface area contributed by atoms with E-state index in [1.807, 2.05) is 12.1 Å².